The van der Waals surface area contributed by atoms with Crippen LogP contribution in [0.5, 0.6) is 5.75 Å². The highest BCUT2D eigenvalue weighted by molar-refractivity contribution is 6.30. The summed E-state index contributed by atoms with van der Waals surface area (Å²) < 4.78 is 85.0. The topological polar surface area (TPSA) is 45.6 Å². The number of alkyl halides is 6. The van der Waals surface area contributed by atoms with Gasteiger partial charge in [0.05, 0.1) is 0 Å². The standard InChI is InChI=1S/C27H23ClF6N2O2/c28-23-21-15-24(38-22(21)9-12-35-23)10-13-36(14-11-24)16-17-1-3-18(4-2-17)19-5-7-20(8-6-19)25(37,26(29,30)31)27(32,33)34/h1-9,12,37H,10-11,13-16H2. The number of ether oxygens (including phenoxy) is 1. The van der Waals surface area contributed by atoms with Gasteiger partial charge < -0.3 is 9.84 Å². The van der Waals surface area contributed by atoms with Gasteiger partial charge in [0.2, 0.25) is 0 Å². The first-order chi connectivity index (χ1) is 17.8. The molecule has 1 fully saturated rings. The number of piperidine rings is 1. The first kappa shape index (κ1) is 26.8. The Bertz CT molecular complexity index is 1290. The smallest absolute Gasteiger partial charge is 0.430 e. The van der Waals surface area contributed by atoms with Gasteiger partial charge in [0, 0.05) is 56.2 Å². The number of hydrogen-bond donors (Lipinski definition) is 1. The molecule has 0 saturated carbocycles. The van der Waals surface area contributed by atoms with E-state index in [9.17, 15) is 31.4 Å². The van der Waals surface area contributed by atoms with Crippen molar-refractivity contribution in [3.63, 3.8) is 0 Å². The molecule has 5 rings (SSSR count). The van der Waals surface area contributed by atoms with Gasteiger partial charge in [-0.15, -0.1) is 0 Å². The quantitative estimate of drug-likeness (QED) is 0.287. The maximum Gasteiger partial charge on any atom is 0.430 e. The highest BCUT2D eigenvalue weighted by Gasteiger charge is 2.71. The van der Waals surface area contributed by atoms with Crippen molar-refractivity contribution in [2.75, 3.05) is 13.1 Å². The Labute approximate surface area is 219 Å². The van der Waals surface area contributed by atoms with Gasteiger partial charge in [0.25, 0.3) is 5.60 Å². The number of aliphatic hydroxyl groups is 1. The molecule has 1 aromatic heterocycles. The van der Waals surface area contributed by atoms with Crippen molar-refractivity contribution >= 4 is 11.6 Å². The minimum atomic E-state index is -5.92. The van der Waals surface area contributed by atoms with Crippen molar-refractivity contribution in [2.45, 2.75) is 49.4 Å². The predicted octanol–water partition coefficient (Wildman–Crippen LogP) is 6.68. The van der Waals surface area contributed by atoms with E-state index in [1.807, 2.05) is 18.2 Å². The molecule has 1 N–H and O–H groups in total. The predicted molar refractivity (Wildman–Crippen MR) is 129 cm³/mol. The Morgan fingerprint density at radius 1 is 0.868 bits per heavy atom. The average molecular weight is 557 g/mol. The van der Waals surface area contributed by atoms with E-state index in [4.69, 9.17) is 16.3 Å². The maximum absolute atomic E-state index is 13.1. The van der Waals surface area contributed by atoms with Crippen LogP contribution in [0, 0.1) is 0 Å². The Kier molecular flexibility index (Phi) is 6.64. The fraction of sp³-hybridized carbons (Fsp3) is 0.370. The van der Waals surface area contributed by atoms with E-state index in [0.29, 0.717) is 35.0 Å². The number of likely N-dealkylation sites (tertiary alicyclic amines) is 1. The summed E-state index contributed by atoms with van der Waals surface area (Å²) in [7, 11) is 0. The number of rotatable bonds is 4. The van der Waals surface area contributed by atoms with Crippen LogP contribution in [0.25, 0.3) is 11.1 Å². The number of benzene rings is 2. The molecule has 0 bridgehead atoms. The van der Waals surface area contributed by atoms with Crippen LogP contribution >= 0.6 is 11.6 Å². The van der Waals surface area contributed by atoms with Gasteiger partial charge in [-0.2, -0.15) is 26.3 Å². The summed E-state index contributed by atoms with van der Waals surface area (Å²) in [6, 6.07) is 12.7. The minimum Gasteiger partial charge on any atom is -0.486 e. The normalized spacial score (nSPS) is 17.9. The van der Waals surface area contributed by atoms with E-state index < -0.39 is 23.5 Å². The zero-order chi connectivity index (χ0) is 27.3. The lowest BCUT2D eigenvalue weighted by Crippen LogP contribution is -2.53. The van der Waals surface area contributed by atoms with Gasteiger partial charge in [-0.25, -0.2) is 4.98 Å². The van der Waals surface area contributed by atoms with E-state index >= 15 is 0 Å². The summed E-state index contributed by atoms with van der Waals surface area (Å²) in [5.74, 6) is 0.795. The molecule has 38 heavy (non-hydrogen) atoms. The molecule has 202 valence electrons. The summed E-state index contributed by atoms with van der Waals surface area (Å²) in [5, 5.41) is 10.0. The van der Waals surface area contributed by atoms with Crippen molar-refractivity contribution < 1.29 is 36.2 Å². The van der Waals surface area contributed by atoms with Crippen LogP contribution in [0.3, 0.4) is 0 Å². The van der Waals surface area contributed by atoms with Crippen LogP contribution in [0.1, 0.15) is 29.5 Å². The Hall–Kier alpha value is -2.82. The second-order valence-electron chi connectivity index (χ2n) is 9.80. The molecule has 3 aromatic rings. The van der Waals surface area contributed by atoms with E-state index in [2.05, 4.69) is 9.88 Å². The SMILES string of the molecule is OC(c1ccc(-c2ccc(CN3CCC4(CC3)Cc3c(ccnc3Cl)O4)cc2)cc1)(C(F)(F)F)C(F)(F)F. The number of nitrogens with zero attached hydrogens (tertiary/aromatic N) is 2. The van der Waals surface area contributed by atoms with Crippen LogP contribution in [-0.4, -0.2) is 46.0 Å². The Morgan fingerprint density at radius 3 is 1.95 bits per heavy atom. The van der Waals surface area contributed by atoms with Crippen LogP contribution in [0.2, 0.25) is 5.15 Å². The van der Waals surface area contributed by atoms with Gasteiger partial charge in [0.15, 0.2) is 0 Å². The summed E-state index contributed by atoms with van der Waals surface area (Å²) in [6.07, 6.45) is -7.78. The molecule has 3 heterocycles. The second-order valence-corrected chi connectivity index (χ2v) is 10.2. The molecule has 0 aliphatic carbocycles. The Balaban J connectivity index is 1.22. The molecule has 0 unspecified atom stereocenters. The molecule has 4 nitrogen and oxygen atoms in total. The maximum atomic E-state index is 13.1. The molecule has 2 aromatic carbocycles. The average Bonchev–Trinajstić information content (AvgIpc) is 3.24. The monoisotopic (exact) mass is 556 g/mol. The number of aromatic nitrogens is 1. The molecule has 0 radical (unpaired) electrons. The van der Waals surface area contributed by atoms with E-state index in [1.54, 1.807) is 18.3 Å². The lowest BCUT2D eigenvalue weighted by molar-refractivity contribution is -0.376. The van der Waals surface area contributed by atoms with Crippen LogP contribution in [0.15, 0.2) is 60.8 Å². The van der Waals surface area contributed by atoms with Crippen molar-refractivity contribution in [2.24, 2.45) is 0 Å². The lowest BCUT2D eigenvalue weighted by Gasteiger charge is -2.38. The number of fused-ring (bicyclic) bond motifs is 1. The fourth-order valence-electron chi connectivity index (χ4n) is 5.15. The van der Waals surface area contributed by atoms with Crippen molar-refractivity contribution in [3.05, 3.63) is 82.6 Å². The summed E-state index contributed by atoms with van der Waals surface area (Å²) in [4.78, 5) is 6.44. The molecule has 11 heteroatoms. The van der Waals surface area contributed by atoms with Crippen molar-refractivity contribution in [3.8, 4) is 16.9 Å². The zero-order valence-electron chi connectivity index (χ0n) is 19.9. The number of pyridine rings is 1. The lowest BCUT2D eigenvalue weighted by atomic mass is 9.87. The molecule has 2 aliphatic rings. The second kappa shape index (κ2) is 9.43. The van der Waals surface area contributed by atoms with Gasteiger partial charge in [0.1, 0.15) is 16.5 Å². The van der Waals surface area contributed by atoms with E-state index in [-0.39, 0.29) is 5.60 Å². The number of hydrogen-bond acceptors (Lipinski definition) is 4. The highest BCUT2D eigenvalue weighted by atomic mass is 35.5. The minimum absolute atomic E-state index is 0.272. The molecule has 0 atom stereocenters. The molecule has 2 aliphatic heterocycles. The molecule has 1 saturated heterocycles. The fourth-order valence-corrected chi connectivity index (χ4v) is 5.36. The van der Waals surface area contributed by atoms with Gasteiger partial charge in [-0.05, 0) is 22.8 Å². The van der Waals surface area contributed by atoms with E-state index in [0.717, 1.165) is 61.4 Å². The van der Waals surface area contributed by atoms with Crippen molar-refractivity contribution in [1.82, 2.24) is 9.88 Å². The third kappa shape index (κ3) is 4.74. The summed E-state index contributed by atoms with van der Waals surface area (Å²) >= 11 is 6.23. The van der Waals surface area contributed by atoms with Crippen LogP contribution in [0.4, 0.5) is 26.3 Å². The Morgan fingerprint density at radius 2 is 1.42 bits per heavy atom. The van der Waals surface area contributed by atoms with Crippen LogP contribution in [-0.2, 0) is 18.6 Å². The first-order valence-electron chi connectivity index (χ1n) is 11.9. The third-order valence-corrected chi connectivity index (χ3v) is 7.70. The summed E-state index contributed by atoms with van der Waals surface area (Å²) in [6.45, 7) is 2.34. The van der Waals surface area contributed by atoms with Gasteiger partial charge in [-0.1, -0.05) is 60.1 Å². The third-order valence-electron chi connectivity index (χ3n) is 7.37. The van der Waals surface area contributed by atoms with E-state index in [1.165, 1.54) is 0 Å². The molecule has 0 amide bonds. The molecule has 1 spiro atoms. The molecular formula is C27H23ClF6N2O2. The van der Waals surface area contributed by atoms with Crippen LogP contribution < -0.4 is 4.74 Å². The highest BCUT2D eigenvalue weighted by Crippen LogP contribution is 2.50. The number of halogens is 7. The zero-order valence-corrected chi connectivity index (χ0v) is 20.7. The van der Waals surface area contributed by atoms with Gasteiger partial charge >= 0.3 is 12.4 Å². The first-order valence-corrected chi connectivity index (χ1v) is 12.3. The molecular weight excluding hydrogens is 534 g/mol. The largest absolute Gasteiger partial charge is 0.486 e. The summed E-state index contributed by atoms with van der Waals surface area (Å²) in [5.41, 5.74) is -3.47. The van der Waals surface area contributed by atoms with Crippen molar-refractivity contribution in [1.29, 1.82) is 0 Å². The van der Waals surface area contributed by atoms with Gasteiger partial charge in [-0.3, -0.25) is 4.90 Å².